The van der Waals surface area contributed by atoms with Crippen LogP contribution in [0.3, 0.4) is 0 Å². The van der Waals surface area contributed by atoms with Crippen LogP contribution >= 0.6 is 0 Å². The molecule has 6 nitrogen and oxygen atoms in total. The molecule has 1 saturated heterocycles. The molecule has 1 aromatic heterocycles. The summed E-state index contributed by atoms with van der Waals surface area (Å²) in [5.74, 6) is -3.06. The molecule has 1 fully saturated rings. The zero-order valence-corrected chi connectivity index (χ0v) is 18.1. The summed E-state index contributed by atoms with van der Waals surface area (Å²) < 4.78 is 32.4. The number of Topliss-reactive ketones (excluding diaryl/α,β-unsaturated/α-hetero) is 1. The number of ketones is 1. The van der Waals surface area contributed by atoms with Crippen LogP contribution in [-0.2, 0) is 11.2 Å². The molecular formula is C24H25F2N3O3. The summed E-state index contributed by atoms with van der Waals surface area (Å²) in [5, 5.41) is 9.06. The Morgan fingerprint density at radius 3 is 2.66 bits per heavy atom. The van der Waals surface area contributed by atoms with E-state index in [1.165, 1.54) is 6.20 Å². The van der Waals surface area contributed by atoms with Crippen LogP contribution in [0.1, 0.15) is 53.6 Å². The number of pyridine rings is 1. The largest absolute Gasteiger partial charge is 0.497 e. The predicted molar refractivity (Wildman–Crippen MR) is 114 cm³/mol. The SMILES string of the molecule is COc1ccc(C(C)Cc2cnccc2C(=O)CCC(=O)N2CC(F)(F)C[C@H]2C#N)cc1. The lowest BCUT2D eigenvalue weighted by Crippen LogP contribution is -2.36. The fourth-order valence-corrected chi connectivity index (χ4v) is 3.94. The molecule has 1 aromatic carbocycles. The first-order valence-electron chi connectivity index (χ1n) is 10.4. The lowest BCUT2D eigenvalue weighted by Gasteiger charge is -2.19. The number of methoxy groups -OCH3 is 1. The minimum Gasteiger partial charge on any atom is -0.497 e. The Morgan fingerprint density at radius 2 is 2.00 bits per heavy atom. The molecule has 0 bridgehead atoms. The van der Waals surface area contributed by atoms with Crippen molar-refractivity contribution < 1.29 is 23.1 Å². The van der Waals surface area contributed by atoms with Crippen molar-refractivity contribution in [3.8, 4) is 11.8 Å². The van der Waals surface area contributed by atoms with Gasteiger partial charge in [0.1, 0.15) is 11.8 Å². The van der Waals surface area contributed by atoms with E-state index < -0.39 is 30.8 Å². The number of hydrogen-bond donors (Lipinski definition) is 0. The summed E-state index contributed by atoms with van der Waals surface area (Å²) >= 11 is 0. The van der Waals surface area contributed by atoms with Crippen LogP contribution in [0.5, 0.6) is 5.75 Å². The number of alkyl halides is 2. The molecule has 32 heavy (non-hydrogen) atoms. The number of aromatic nitrogens is 1. The summed E-state index contributed by atoms with van der Waals surface area (Å²) in [4.78, 5) is 30.3. The number of ether oxygens (including phenoxy) is 1. The van der Waals surface area contributed by atoms with Crippen LogP contribution in [0.25, 0.3) is 0 Å². The molecule has 0 N–H and O–H groups in total. The van der Waals surface area contributed by atoms with E-state index in [-0.39, 0.29) is 24.5 Å². The molecule has 1 unspecified atom stereocenters. The molecule has 2 atom stereocenters. The lowest BCUT2D eigenvalue weighted by atomic mass is 9.90. The molecule has 0 saturated carbocycles. The van der Waals surface area contributed by atoms with Crippen LogP contribution in [0.4, 0.5) is 8.78 Å². The number of nitriles is 1. The van der Waals surface area contributed by atoms with E-state index in [1.807, 2.05) is 31.2 Å². The van der Waals surface area contributed by atoms with Gasteiger partial charge in [-0.15, -0.1) is 0 Å². The van der Waals surface area contributed by atoms with E-state index in [2.05, 4.69) is 4.98 Å². The zero-order chi connectivity index (χ0) is 23.3. The first-order chi connectivity index (χ1) is 15.2. The summed E-state index contributed by atoms with van der Waals surface area (Å²) in [6, 6.07) is 9.90. The number of carbonyl (C=O) groups is 2. The molecule has 1 aliphatic heterocycles. The number of hydrogen-bond acceptors (Lipinski definition) is 5. The molecule has 0 spiro atoms. The van der Waals surface area contributed by atoms with Crippen molar-refractivity contribution in [2.45, 2.75) is 50.5 Å². The molecule has 2 heterocycles. The van der Waals surface area contributed by atoms with Crippen molar-refractivity contribution >= 4 is 11.7 Å². The van der Waals surface area contributed by atoms with Gasteiger partial charge in [0.05, 0.1) is 19.7 Å². The van der Waals surface area contributed by atoms with Gasteiger partial charge in [-0.2, -0.15) is 5.26 Å². The van der Waals surface area contributed by atoms with Gasteiger partial charge >= 0.3 is 0 Å². The molecule has 3 rings (SSSR count). The predicted octanol–water partition coefficient (Wildman–Crippen LogP) is 4.16. The summed E-state index contributed by atoms with van der Waals surface area (Å²) in [6.45, 7) is 1.26. The van der Waals surface area contributed by atoms with Crippen LogP contribution in [0, 0.1) is 11.3 Å². The number of likely N-dealkylation sites (tertiary alicyclic amines) is 1. The van der Waals surface area contributed by atoms with Crippen molar-refractivity contribution in [3.05, 3.63) is 59.4 Å². The first-order valence-corrected chi connectivity index (χ1v) is 10.4. The van der Waals surface area contributed by atoms with Crippen molar-refractivity contribution in [3.63, 3.8) is 0 Å². The van der Waals surface area contributed by atoms with Gasteiger partial charge in [-0.05, 0) is 41.7 Å². The minimum atomic E-state index is -3.07. The minimum absolute atomic E-state index is 0.113. The van der Waals surface area contributed by atoms with Gasteiger partial charge in [0.2, 0.25) is 5.91 Å². The highest BCUT2D eigenvalue weighted by Crippen LogP contribution is 2.32. The third kappa shape index (κ3) is 5.47. The number of benzene rings is 1. The highest BCUT2D eigenvalue weighted by atomic mass is 19.3. The van der Waals surface area contributed by atoms with E-state index in [9.17, 15) is 18.4 Å². The molecule has 2 aromatic rings. The molecule has 1 amide bonds. The van der Waals surface area contributed by atoms with Crippen molar-refractivity contribution in [1.82, 2.24) is 9.88 Å². The van der Waals surface area contributed by atoms with Crippen molar-refractivity contribution in [2.24, 2.45) is 0 Å². The highest BCUT2D eigenvalue weighted by Gasteiger charge is 2.47. The monoisotopic (exact) mass is 441 g/mol. The number of carbonyl (C=O) groups excluding carboxylic acids is 2. The van der Waals surface area contributed by atoms with Crippen LogP contribution in [0.2, 0.25) is 0 Å². The van der Waals surface area contributed by atoms with E-state index >= 15 is 0 Å². The summed E-state index contributed by atoms with van der Waals surface area (Å²) in [7, 11) is 1.60. The Morgan fingerprint density at radius 1 is 1.28 bits per heavy atom. The van der Waals surface area contributed by atoms with Gasteiger partial charge in [0.15, 0.2) is 5.78 Å². The van der Waals surface area contributed by atoms with Crippen LogP contribution in [-0.4, -0.2) is 47.2 Å². The Labute approximate surface area is 185 Å². The average Bonchev–Trinajstić information content (AvgIpc) is 3.12. The van der Waals surface area contributed by atoms with E-state index in [0.717, 1.165) is 21.8 Å². The fourth-order valence-electron chi connectivity index (χ4n) is 3.94. The van der Waals surface area contributed by atoms with Gasteiger partial charge in [-0.3, -0.25) is 14.6 Å². The smallest absolute Gasteiger partial charge is 0.268 e. The van der Waals surface area contributed by atoms with Crippen molar-refractivity contribution in [2.75, 3.05) is 13.7 Å². The van der Waals surface area contributed by atoms with Crippen molar-refractivity contribution in [1.29, 1.82) is 5.26 Å². The molecule has 1 aliphatic rings. The standard InChI is InChI=1S/C24H25F2N3O3/c1-16(17-3-5-20(32-2)6-4-17)11-18-14-28-10-9-21(18)22(30)7-8-23(31)29-15-24(25,26)12-19(29)13-27/h3-6,9-10,14,16,19H,7-8,11-12,15H2,1-2H3/t16?,19-/m0/s1. The second-order valence-electron chi connectivity index (χ2n) is 8.06. The summed E-state index contributed by atoms with van der Waals surface area (Å²) in [6.07, 6.45) is 2.73. The first kappa shape index (κ1) is 23.3. The Bertz CT molecular complexity index is 1020. The van der Waals surface area contributed by atoms with Gasteiger partial charge in [-0.25, -0.2) is 8.78 Å². The highest BCUT2D eigenvalue weighted by molar-refractivity contribution is 5.99. The Kier molecular flexibility index (Phi) is 7.18. The molecule has 168 valence electrons. The molecule has 0 radical (unpaired) electrons. The Balaban J connectivity index is 1.65. The third-order valence-electron chi connectivity index (χ3n) is 5.72. The van der Waals surface area contributed by atoms with Gasteiger partial charge < -0.3 is 9.64 Å². The summed E-state index contributed by atoms with van der Waals surface area (Å²) in [5.41, 5.74) is 2.31. The maximum absolute atomic E-state index is 13.6. The topological polar surface area (TPSA) is 83.3 Å². The van der Waals surface area contributed by atoms with Gasteiger partial charge in [0.25, 0.3) is 5.92 Å². The van der Waals surface area contributed by atoms with E-state index in [4.69, 9.17) is 10.00 Å². The average molecular weight is 441 g/mol. The number of nitrogens with zero attached hydrogens (tertiary/aromatic N) is 3. The van der Waals surface area contributed by atoms with Crippen LogP contribution in [0.15, 0.2) is 42.7 Å². The molecule has 0 aliphatic carbocycles. The molecular weight excluding hydrogens is 416 g/mol. The number of halogens is 2. The Hall–Kier alpha value is -3.34. The van der Waals surface area contributed by atoms with Crippen LogP contribution < -0.4 is 4.74 Å². The molecule has 8 heteroatoms. The second-order valence-corrected chi connectivity index (χ2v) is 8.06. The maximum Gasteiger partial charge on any atom is 0.268 e. The third-order valence-corrected chi connectivity index (χ3v) is 5.72. The quantitative estimate of drug-likeness (QED) is 0.575. The normalized spacial score (nSPS) is 18.1. The maximum atomic E-state index is 13.6. The van der Waals surface area contributed by atoms with Gasteiger partial charge in [-0.1, -0.05) is 19.1 Å². The lowest BCUT2D eigenvalue weighted by molar-refractivity contribution is -0.132. The zero-order valence-electron chi connectivity index (χ0n) is 18.1. The number of amides is 1. The van der Waals surface area contributed by atoms with E-state index in [1.54, 1.807) is 25.4 Å². The number of rotatable bonds is 8. The van der Waals surface area contributed by atoms with Gasteiger partial charge in [0, 0.05) is 37.2 Å². The second kappa shape index (κ2) is 9.86. The fraction of sp³-hybridized carbons (Fsp3) is 0.417. The van der Waals surface area contributed by atoms with E-state index in [0.29, 0.717) is 12.0 Å².